The van der Waals surface area contributed by atoms with Crippen LogP contribution in [-0.2, 0) is 18.0 Å². The van der Waals surface area contributed by atoms with Crippen LogP contribution >= 0.6 is 0 Å². The van der Waals surface area contributed by atoms with Crippen molar-refractivity contribution in [2.24, 2.45) is 0 Å². The molecule has 0 radical (unpaired) electrons. The summed E-state index contributed by atoms with van der Waals surface area (Å²) in [4.78, 5) is 26.6. The minimum absolute atomic E-state index is 0.202. The average Bonchev–Trinajstić information content (AvgIpc) is 2.29. The van der Waals surface area contributed by atoms with Gasteiger partial charge in [-0.05, 0) is 5.56 Å². The van der Waals surface area contributed by atoms with Gasteiger partial charge < -0.3 is 9.72 Å². The van der Waals surface area contributed by atoms with Crippen LogP contribution in [0.15, 0.2) is 46.0 Å². The Labute approximate surface area is 97.1 Å². The van der Waals surface area contributed by atoms with Gasteiger partial charge in [0.1, 0.15) is 0 Å². The number of hydrogen-bond acceptors (Lipinski definition) is 3. The summed E-state index contributed by atoms with van der Waals surface area (Å²) in [5.74, 6) is 0. The highest BCUT2D eigenvalue weighted by atomic mass is 16.5. The van der Waals surface area contributed by atoms with Crippen LogP contribution in [0.3, 0.4) is 0 Å². The molecule has 0 bridgehead atoms. The summed E-state index contributed by atoms with van der Waals surface area (Å²) in [6, 6.07) is 11.0. The van der Waals surface area contributed by atoms with Crippen molar-refractivity contribution in [1.29, 1.82) is 0 Å². The van der Waals surface area contributed by atoms with Crippen molar-refractivity contribution in [2.75, 3.05) is 0 Å². The summed E-state index contributed by atoms with van der Waals surface area (Å²) in [6.45, 7) is 0.643. The number of benzene rings is 1. The van der Waals surface area contributed by atoms with Crippen molar-refractivity contribution < 1.29 is 4.74 Å². The summed E-state index contributed by atoms with van der Waals surface area (Å²) in [5, 5.41) is 0. The van der Waals surface area contributed by atoms with E-state index in [2.05, 4.69) is 9.97 Å². The Balaban J connectivity index is 1.94. The second-order valence-corrected chi connectivity index (χ2v) is 3.59. The zero-order chi connectivity index (χ0) is 12.1. The van der Waals surface area contributed by atoms with Gasteiger partial charge >= 0.3 is 5.69 Å². The first-order valence-corrected chi connectivity index (χ1v) is 5.18. The van der Waals surface area contributed by atoms with E-state index in [0.717, 1.165) is 5.56 Å². The number of hydrogen-bond donors (Lipinski definition) is 2. The van der Waals surface area contributed by atoms with E-state index in [-0.39, 0.29) is 6.61 Å². The maximum Gasteiger partial charge on any atom is 0.325 e. The number of rotatable bonds is 4. The fraction of sp³-hybridized carbons (Fsp3) is 0.167. The van der Waals surface area contributed by atoms with Gasteiger partial charge in [-0.15, -0.1) is 0 Å². The molecule has 0 fully saturated rings. The molecular formula is C12H12N2O3. The first-order chi connectivity index (χ1) is 8.24. The lowest BCUT2D eigenvalue weighted by Crippen LogP contribution is -2.23. The molecule has 88 valence electrons. The van der Waals surface area contributed by atoms with Crippen molar-refractivity contribution in [3.05, 3.63) is 68.5 Å². The number of aromatic amines is 2. The molecule has 0 saturated carbocycles. The average molecular weight is 232 g/mol. The normalized spacial score (nSPS) is 10.4. The van der Waals surface area contributed by atoms with Crippen LogP contribution in [0.2, 0.25) is 0 Å². The molecule has 0 saturated heterocycles. The lowest BCUT2D eigenvalue weighted by atomic mass is 10.2. The number of H-pyrrole nitrogens is 2. The summed E-state index contributed by atoms with van der Waals surface area (Å²) >= 11 is 0. The molecule has 17 heavy (non-hydrogen) atoms. The summed E-state index contributed by atoms with van der Waals surface area (Å²) < 4.78 is 5.39. The highest BCUT2D eigenvalue weighted by molar-refractivity contribution is 5.13. The standard InChI is InChI=1S/C12H12N2O3/c15-11-6-10(13-12(16)14-11)8-17-7-9-4-2-1-3-5-9/h1-6H,7-8H2,(H2,13,14,15,16). The lowest BCUT2D eigenvalue weighted by Gasteiger charge is -2.03. The largest absolute Gasteiger partial charge is 0.371 e. The smallest absolute Gasteiger partial charge is 0.325 e. The summed E-state index contributed by atoms with van der Waals surface area (Å²) in [5.41, 5.74) is 0.567. The van der Waals surface area contributed by atoms with Gasteiger partial charge in [-0.25, -0.2) is 4.79 Å². The Kier molecular flexibility index (Phi) is 3.52. The van der Waals surface area contributed by atoms with Crippen molar-refractivity contribution in [2.45, 2.75) is 13.2 Å². The summed E-state index contributed by atoms with van der Waals surface area (Å²) in [7, 11) is 0. The second kappa shape index (κ2) is 5.27. The zero-order valence-corrected chi connectivity index (χ0v) is 9.10. The van der Waals surface area contributed by atoms with Gasteiger partial charge in [-0.1, -0.05) is 30.3 Å². The topological polar surface area (TPSA) is 75.0 Å². The third kappa shape index (κ3) is 3.42. The van der Waals surface area contributed by atoms with Crippen LogP contribution in [0.4, 0.5) is 0 Å². The SMILES string of the molecule is O=c1cc(COCc2ccccc2)[nH]c(=O)[nH]1. The predicted molar refractivity (Wildman–Crippen MR) is 62.6 cm³/mol. The van der Waals surface area contributed by atoms with E-state index in [1.807, 2.05) is 30.3 Å². The third-order valence-electron chi connectivity index (χ3n) is 2.19. The summed E-state index contributed by atoms with van der Waals surface area (Å²) in [6.07, 6.45) is 0. The van der Waals surface area contributed by atoms with Crippen LogP contribution in [0, 0.1) is 0 Å². The Morgan fingerprint density at radius 2 is 1.76 bits per heavy atom. The van der Waals surface area contributed by atoms with Gasteiger partial charge in [0.2, 0.25) is 0 Å². The highest BCUT2D eigenvalue weighted by Gasteiger charge is 1.97. The molecule has 1 heterocycles. The van der Waals surface area contributed by atoms with E-state index >= 15 is 0 Å². The quantitative estimate of drug-likeness (QED) is 0.818. The van der Waals surface area contributed by atoms with Gasteiger partial charge in [0.15, 0.2) is 0 Å². The van der Waals surface area contributed by atoms with E-state index < -0.39 is 11.2 Å². The molecule has 2 N–H and O–H groups in total. The fourth-order valence-corrected chi connectivity index (χ4v) is 1.45. The first-order valence-electron chi connectivity index (χ1n) is 5.18. The van der Waals surface area contributed by atoms with E-state index in [9.17, 15) is 9.59 Å². The van der Waals surface area contributed by atoms with Crippen molar-refractivity contribution >= 4 is 0 Å². The molecule has 5 heteroatoms. The van der Waals surface area contributed by atoms with Crippen LogP contribution in [0.5, 0.6) is 0 Å². The Hall–Kier alpha value is -2.14. The molecule has 2 aromatic rings. The van der Waals surface area contributed by atoms with E-state index in [0.29, 0.717) is 12.3 Å². The van der Waals surface area contributed by atoms with Crippen LogP contribution in [0.1, 0.15) is 11.3 Å². The molecule has 0 atom stereocenters. The Morgan fingerprint density at radius 1 is 1.00 bits per heavy atom. The van der Waals surface area contributed by atoms with Crippen molar-refractivity contribution in [3.63, 3.8) is 0 Å². The number of aromatic nitrogens is 2. The molecule has 2 rings (SSSR count). The third-order valence-corrected chi connectivity index (χ3v) is 2.19. The molecule has 0 aliphatic carbocycles. The van der Waals surface area contributed by atoms with Crippen LogP contribution < -0.4 is 11.2 Å². The molecule has 5 nitrogen and oxygen atoms in total. The number of nitrogens with one attached hydrogen (secondary N) is 2. The van der Waals surface area contributed by atoms with Gasteiger partial charge in [0, 0.05) is 6.07 Å². The van der Waals surface area contributed by atoms with Crippen molar-refractivity contribution in [3.8, 4) is 0 Å². The molecule has 1 aromatic carbocycles. The lowest BCUT2D eigenvalue weighted by molar-refractivity contribution is 0.104. The van der Waals surface area contributed by atoms with Gasteiger partial charge in [0.05, 0.1) is 18.9 Å². The molecule has 0 aliphatic rings. The van der Waals surface area contributed by atoms with E-state index in [4.69, 9.17) is 4.74 Å². The Morgan fingerprint density at radius 3 is 2.47 bits per heavy atom. The van der Waals surface area contributed by atoms with Gasteiger partial charge in [0.25, 0.3) is 5.56 Å². The van der Waals surface area contributed by atoms with E-state index in [1.54, 1.807) is 0 Å². The van der Waals surface area contributed by atoms with Crippen LogP contribution in [-0.4, -0.2) is 9.97 Å². The maximum atomic E-state index is 11.0. The highest BCUT2D eigenvalue weighted by Crippen LogP contribution is 2.02. The monoisotopic (exact) mass is 232 g/mol. The zero-order valence-electron chi connectivity index (χ0n) is 9.10. The fourth-order valence-electron chi connectivity index (χ4n) is 1.45. The predicted octanol–water partition coefficient (Wildman–Crippen LogP) is 0.780. The van der Waals surface area contributed by atoms with E-state index in [1.165, 1.54) is 6.07 Å². The second-order valence-electron chi connectivity index (χ2n) is 3.59. The maximum absolute atomic E-state index is 11.0. The first kappa shape index (κ1) is 11.3. The molecule has 0 spiro atoms. The van der Waals surface area contributed by atoms with Crippen LogP contribution in [0.25, 0.3) is 0 Å². The molecule has 0 aliphatic heterocycles. The van der Waals surface area contributed by atoms with Crippen molar-refractivity contribution in [1.82, 2.24) is 9.97 Å². The number of ether oxygens (including phenoxy) is 1. The Bertz CT molecular complexity index is 558. The minimum atomic E-state index is -0.518. The van der Waals surface area contributed by atoms with Gasteiger partial charge in [-0.2, -0.15) is 0 Å². The molecule has 0 unspecified atom stereocenters. The molecule has 0 amide bonds. The van der Waals surface area contributed by atoms with Gasteiger partial charge in [-0.3, -0.25) is 9.78 Å². The molecule has 1 aromatic heterocycles. The minimum Gasteiger partial charge on any atom is -0.371 e. The molecular weight excluding hydrogens is 220 g/mol.